The zero-order valence-corrected chi connectivity index (χ0v) is 8.26. The van der Waals surface area contributed by atoms with Crippen LogP contribution in [0.3, 0.4) is 0 Å². The normalized spacial score (nSPS) is 14.3. The molecule has 0 aliphatic heterocycles. The highest BCUT2D eigenvalue weighted by atomic mass is 16.2. The molecule has 1 unspecified atom stereocenters. The highest BCUT2D eigenvalue weighted by Crippen LogP contribution is 2.18. The standard InChI is InChI=1S/C9H17N3O/c1-3-9(2,7-11)8(13)12-6-4-5-10/h3-4,6-7,11H2,1-2H3,(H,12,13). The Labute approximate surface area is 79.1 Å². The maximum atomic E-state index is 11.5. The molecule has 0 aliphatic carbocycles. The average Bonchev–Trinajstić information content (AvgIpc) is 2.17. The van der Waals surface area contributed by atoms with Crippen LogP contribution in [-0.4, -0.2) is 19.0 Å². The second-order valence-corrected chi connectivity index (χ2v) is 3.28. The minimum Gasteiger partial charge on any atom is -0.355 e. The largest absolute Gasteiger partial charge is 0.355 e. The van der Waals surface area contributed by atoms with E-state index < -0.39 is 5.41 Å². The van der Waals surface area contributed by atoms with Gasteiger partial charge in [-0.2, -0.15) is 5.26 Å². The number of nitriles is 1. The second kappa shape index (κ2) is 5.55. The van der Waals surface area contributed by atoms with Gasteiger partial charge < -0.3 is 11.1 Å². The molecule has 0 aliphatic rings. The third-order valence-corrected chi connectivity index (χ3v) is 2.30. The molecule has 13 heavy (non-hydrogen) atoms. The van der Waals surface area contributed by atoms with Crippen LogP contribution in [0, 0.1) is 16.7 Å². The summed E-state index contributed by atoms with van der Waals surface area (Å²) < 4.78 is 0. The fourth-order valence-electron chi connectivity index (χ4n) is 0.843. The summed E-state index contributed by atoms with van der Waals surface area (Å²) in [5, 5.41) is 11.0. The number of nitrogens with one attached hydrogen (secondary N) is 1. The minimum atomic E-state index is -0.491. The van der Waals surface area contributed by atoms with Gasteiger partial charge in [0.2, 0.25) is 5.91 Å². The van der Waals surface area contributed by atoms with Crippen LogP contribution < -0.4 is 11.1 Å². The minimum absolute atomic E-state index is 0.0623. The number of nitrogens with two attached hydrogens (primary N) is 1. The molecule has 0 aromatic rings. The zero-order valence-electron chi connectivity index (χ0n) is 8.26. The maximum absolute atomic E-state index is 11.5. The Morgan fingerprint density at radius 2 is 2.31 bits per heavy atom. The fourth-order valence-corrected chi connectivity index (χ4v) is 0.843. The lowest BCUT2D eigenvalue weighted by Crippen LogP contribution is -2.43. The number of rotatable bonds is 5. The molecule has 0 aromatic carbocycles. The van der Waals surface area contributed by atoms with Crippen LogP contribution in [-0.2, 0) is 4.79 Å². The Morgan fingerprint density at radius 3 is 2.69 bits per heavy atom. The van der Waals surface area contributed by atoms with E-state index >= 15 is 0 Å². The molecule has 3 N–H and O–H groups in total. The van der Waals surface area contributed by atoms with E-state index in [0.29, 0.717) is 25.9 Å². The monoisotopic (exact) mass is 183 g/mol. The van der Waals surface area contributed by atoms with Crippen molar-refractivity contribution in [2.75, 3.05) is 13.1 Å². The number of hydrogen-bond donors (Lipinski definition) is 2. The summed E-state index contributed by atoms with van der Waals surface area (Å²) in [6, 6.07) is 1.96. The third kappa shape index (κ3) is 3.43. The van der Waals surface area contributed by atoms with E-state index in [2.05, 4.69) is 5.32 Å². The highest BCUT2D eigenvalue weighted by Gasteiger charge is 2.28. The first kappa shape index (κ1) is 11.9. The van der Waals surface area contributed by atoms with E-state index in [4.69, 9.17) is 11.0 Å². The SMILES string of the molecule is CCC(C)(CN)C(=O)NCCC#N. The van der Waals surface area contributed by atoms with E-state index in [1.165, 1.54) is 0 Å². The summed E-state index contributed by atoms with van der Waals surface area (Å²) in [7, 11) is 0. The van der Waals surface area contributed by atoms with Crippen LogP contribution in [0.4, 0.5) is 0 Å². The van der Waals surface area contributed by atoms with Crippen LogP contribution in [0.15, 0.2) is 0 Å². The van der Waals surface area contributed by atoms with Gasteiger partial charge in [0.1, 0.15) is 0 Å². The number of amides is 1. The molecule has 1 atom stereocenters. The fraction of sp³-hybridized carbons (Fsp3) is 0.778. The lowest BCUT2D eigenvalue weighted by atomic mass is 9.87. The van der Waals surface area contributed by atoms with Crippen LogP contribution in [0.2, 0.25) is 0 Å². The van der Waals surface area contributed by atoms with Gasteiger partial charge in [0, 0.05) is 13.1 Å². The van der Waals surface area contributed by atoms with E-state index in [9.17, 15) is 4.79 Å². The Bertz CT molecular complexity index is 203. The molecule has 4 nitrogen and oxygen atoms in total. The average molecular weight is 183 g/mol. The Morgan fingerprint density at radius 1 is 1.69 bits per heavy atom. The topological polar surface area (TPSA) is 78.9 Å². The van der Waals surface area contributed by atoms with Gasteiger partial charge in [-0.05, 0) is 13.3 Å². The maximum Gasteiger partial charge on any atom is 0.227 e. The number of carbonyl (C=O) groups is 1. The Kier molecular flexibility index (Phi) is 5.09. The molecule has 74 valence electrons. The second-order valence-electron chi connectivity index (χ2n) is 3.28. The van der Waals surface area contributed by atoms with Gasteiger partial charge in [0.05, 0.1) is 17.9 Å². The number of carbonyl (C=O) groups excluding carboxylic acids is 1. The van der Waals surface area contributed by atoms with Crippen LogP contribution in [0.1, 0.15) is 26.7 Å². The molecule has 0 fully saturated rings. The molecule has 0 rings (SSSR count). The highest BCUT2D eigenvalue weighted by molar-refractivity contribution is 5.82. The summed E-state index contributed by atoms with van der Waals surface area (Å²) >= 11 is 0. The van der Waals surface area contributed by atoms with E-state index in [1.54, 1.807) is 0 Å². The van der Waals surface area contributed by atoms with E-state index in [0.717, 1.165) is 0 Å². The van der Waals surface area contributed by atoms with Crippen molar-refractivity contribution in [1.29, 1.82) is 5.26 Å². The quantitative estimate of drug-likeness (QED) is 0.605. The van der Waals surface area contributed by atoms with E-state index in [-0.39, 0.29) is 5.91 Å². The Balaban J connectivity index is 4.01. The lowest BCUT2D eigenvalue weighted by Gasteiger charge is -2.24. The molecule has 0 radical (unpaired) electrons. The Hall–Kier alpha value is -1.08. The van der Waals surface area contributed by atoms with Crippen LogP contribution in [0.25, 0.3) is 0 Å². The molecule has 0 bridgehead atoms. The van der Waals surface area contributed by atoms with Gasteiger partial charge >= 0.3 is 0 Å². The van der Waals surface area contributed by atoms with Crippen molar-refractivity contribution in [3.05, 3.63) is 0 Å². The van der Waals surface area contributed by atoms with Crippen LogP contribution in [0.5, 0.6) is 0 Å². The first-order chi connectivity index (χ1) is 6.10. The van der Waals surface area contributed by atoms with Crippen molar-refractivity contribution in [2.24, 2.45) is 11.1 Å². The predicted octanol–water partition coefficient (Wildman–Crippen LogP) is 0.391. The van der Waals surface area contributed by atoms with E-state index in [1.807, 2.05) is 19.9 Å². The number of nitrogens with zero attached hydrogens (tertiary/aromatic N) is 1. The summed E-state index contributed by atoms with van der Waals surface area (Å²) in [5.74, 6) is -0.0623. The first-order valence-electron chi connectivity index (χ1n) is 4.46. The molecule has 0 heterocycles. The van der Waals surface area contributed by atoms with Crippen molar-refractivity contribution in [2.45, 2.75) is 26.7 Å². The van der Waals surface area contributed by atoms with Gasteiger partial charge in [-0.25, -0.2) is 0 Å². The van der Waals surface area contributed by atoms with Crippen molar-refractivity contribution >= 4 is 5.91 Å². The molecule has 0 saturated heterocycles. The third-order valence-electron chi connectivity index (χ3n) is 2.30. The predicted molar refractivity (Wildman–Crippen MR) is 50.7 cm³/mol. The molecular formula is C9H17N3O. The summed E-state index contributed by atoms with van der Waals surface area (Å²) in [6.45, 7) is 4.50. The smallest absolute Gasteiger partial charge is 0.227 e. The first-order valence-corrected chi connectivity index (χ1v) is 4.46. The molecule has 1 amide bonds. The lowest BCUT2D eigenvalue weighted by molar-refractivity contribution is -0.129. The zero-order chi connectivity index (χ0) is 10.3. The summed E-state index contributed by atoms with van der Waals surface area (Å²) in [6.07, 6.45) is 1.05. The van der Waals surface area contributed by atoms with Crippen molar-refractivity contribution in [3.63, 3.8) is 0 Å². The van der Waals surface area contributed by atoms with Gasteiger partial charge in [0.25, 0.3) is 0 Å². The van der Waals surface area contributed by atoms with Crippen LogP contribution >= 0.6 is 0 Å². The molecule has 4 heteroatoms. The van der Waals surface area contributed by atoms with Gasteiger partial charge in [0.15, 0.2) is 0 Å². The molecule has 0 aromatic heterocycles. The van der Waals surface area contributed by atoms with Crippen molar-refractivity contribution in [3.8, 4) is 6.07 Å². The molecule has 0 saturated carbocycles. The summed E-state index contributed by atoms with van der Waals surface area (Å²) in [5.41, 5.74) is 5.01. The molecular weight excluding hydrogens is 166 g/mol. The van der Waals surface area contributed by atoms with Crippen molar-refractivity contribution < 1.29 is 4.79 Å². The van der Waals surface area contributed by atoms with Gasteiger partial charge in [-0.1, -0.05) is 6.92 Å². The van der Waals surface area contributed by atoms with Gasteiger partial charge in [-0.15, -0.1) is 0 Å². The van der Waals surface area contributed by atoms with Crippen molar-refractivity contribution in [1.82, 2.24) is 5.32 Å². The summed E-state index contributed by atoms with van der Waals surface area (Å²) in [4.78, 5) is 11.5. The number of hydrogen-bond acceptors (Lipinski definition) is 3. The van der Waals surface area contributed by atoms with Gasteiger partial charge in [-0.3, -0.25) is 4.79 Å². The molecule has 0 spiro atoms.